The summed E-state index contributed by atoms with van der Waals surface area (Å²) in [6.07, 6.45) is 2.63. The highest BCUT2D eigenvalue weighted by Gasteiger charge is 2.20. The molecule has 0 amide bonds. The summed E-state index contributed by atoms with van der Waals surface area (Å²) < 4.78 is 16.1. The molecule has 102 valence electrons. The molecule has 5 heteroatoms. The Kier molecular flexibility index (Phi) is 5.16. The van der Waals surface area contributed by atoms with E-state index < -0.39 is 0 Å². The van der Waals surface area contributed by atoms with Crippen molar-refractivity contribution in [2.24, 2.45) is 0 Å². The first-order chi connectivity index (χ1) is 8.78. The number of hydrogen-bond donors (Lipinski definition) is 1. The second-order valence-electron chi connectivity index (χ2n) is 4.72. The maximum atomic E-state index is 5.60. The van der Waals surface area contributed by atoms with E-state index in [1.807, 2.05) is 19.9 Å². The molecule has 1 aromatic rings. The standard InChI is InChI=1S/C13H22N2O3/c1-3-16-8-10(2)17-9-13-6-12(15-18-13)7-14-11-4-5-11/h6,10-11,14H,3-5,7-9H2,1-2H3. The molecule has 1 atom stereocenters. The highest BCUT2D eigenvalue weighted by Crippen LogP contribution is 2.19. The fourth-order valence-electron chi connectivity index (χ4n) is 1.60. The Labute approximate surface area is 108 Å². The second kappa shape index (κ2) is 6.87. The molecule has 18 heavy (non-hydrogen) atoms. The summed E-state index contributed by atoms with van der Waals surface area (Å²) in [7, 11) is 0. The lowest BCUT2D eigenvalue weighted by Gasteiger charge is -2.10. The highest BCUT2D eigenvalue weighted by atomic mass is 16.5. The summed E-state index contributed by atoms with van der Waals surface area (Å²) in [5, 5.41) is 7.40. The zero-order chi connectivity index (χ0) is 12.8. The van der Waals surface area contributed by atoms with Crippen LogP contribution in [0.3, 0.4) is 0 Å². The van der Waals surface area contributed by atoms with E-state index in [0.717, 1.165) is 18.0 Å². The van der Waals surface area contributed by atoms with E-state index in [4.69, 9.17) is 14.0 Å². The zero-order valence-electron chi connectivity index (χ0n) is 11.1. The first-order valence-corrected chi connectivity index (χ1v) is 6.65. The van der Waals surface area contributed by atoms with Crippen molar-refractivity contribution >= 4 is 0 Å². The summed E-state index contributed by atoms with van der Waals surface area (Å²) in [6, 6.07) is 2.63. The van der Waals surface area contributed by atoms with Crippen LogP contribution in [0.2, 0.25) is 0 Å². The predicted octanol–water partition coefficient (Wildman–Crippen LogP) is 1.87. The lowest BCUT2D eigenvalue weighted by molar-refractivity contribution is -0.0183. The van der Waals surface area contributed by atoms with Gasteiger partial charge in [0.2, 0.25) is 0 Å². The topological polar surface area (TPSA) is 56.5 Å². The van der Waals surface area contributed by atoms with Gasteiger partial charge in [-0.15, -0.1) is 0 Å². The SMILES string of the molecule is CCOCC(C)OCc1cc(CNC2CC2)no1. The third kappa shape index (κ3) is 4.76. The molecule has 0 bridgehead atoms. The third-order valence-corrected chi connectivity index (χ3v) is 2.82. The van der Waals surface area contributed by atoms with Crippen molar-refractivity contribution < 1.29 is 14.0 Å². The Hall–Kier alpha value is -0.910. The van der Waals surface area contributed by atoms with Gasteiger partial charge in [-0.3, -0.25) is 0 Å². The van der Waals surface area contributed by atoms with E-state index >= 15 is 0 Å². The Bertz CT molecular complexity index is 350. The van der Waals surface area contributed by atoms with Crippen molar-refractivity contribution in [3.8, 4) is 0 Å². The van der Waals surface area contributed by atoms with Gasteiger partial charge >= 0.3 is 0 Å². The van der Waals surface area contributed by atoms with Gasteiger partial charge in [0.05, 0.1) is 18.4 Å². The molecule has 1 aliphatic rings. The lowest BCUT2D eigenvalue weighted by atomic mass is 10.3. The molecule has 1 aliphatic carbocycles. The van der Waals surface area contributed by atoms with E-state index in [9.17, 15) is 0 Å². The predicted molar refractivity (Wildman–Crippen MR) is 67.1 cm³/mol. The molecule has 1 fully saturated rings. The van der Waals surface area contributed by atoms with Crippen LogP contribution in [0.25, 0.3) is 0 Å². The average molecular weight is 254 g/mol. The minimum absolute atomic E-state index is 0.0723. The summed E-state index contributed by atoms with van der Waals surface area (Å²) in [6.45, 7) is 6.52. The maximum absolute atomic E-state index is 5.60. The van der Waals surface area contributed by atoms with Crippen LogP contribution in [0.4, 0.5) is 0 Å². The monoisotopic (exact) mass is 254 g/mol. The van der Waals surface area contributed by atoms with Crippen LogP contribution in [-0.4, -0.2) is 30.5 Å². The van der Waals surface area contributed by atoms with Gasteiger partial charge in [0.25, 0.3) is 0 Å². The molecular weight excluding hydrogens is 232 g/mol. The molecule has 2 rings (SSSR count). The van der Waals surface area contributed by atoms with Crippen LogP contribution >= 0.6 is 0 Å². The average Bonchev–Trinajstić information content (AvgIpc) is 3.10. The fourth-order valence-corrected chi connectivity index (χ4v) is 1.60. The number of nitrogens with zero attached hydrogens (tertiary/aromatic N) is 1. The Morgan fingerprint density at radius 1 is 1.56 bits per heavy atom. The van der Waals surface area contributed by atoms with Gasteiger partial charge in [0.15, 0.2) is 5.76 Å². The first kappa shape index (κ1) is 13.5. The number of rotatable bonds is 9. The Balaban J connectivity index is 1.65. The van der Waals surface area contributed by atoms with Crippen molar-refractivity contribution in [1.82, 2.24) is 10.5 Å². The van der Waals surface area contributed by atoms with E-state index in [1.165, 1.54) is 12.8 Å². The van der Waals surface area contributed by atoms with Crippen LogP contribution in [0.15, 0.2) is 10.6 Å². The van der Waals surface area contributed by atoms with Crippen molar-refractivity contribution in [3.63, 3.8) is 0 Å². The van der Waals surface area contributed by atoms with Gasteiger partial charge < -0.3 is 19.3 Å². The molecule has 1 heterocycles. The lowest BCUT2D eigenvalue weighted by Crippen LogP contribution is -2.16. The minimum atomic E-state index is 0.0723. The molecule has 0 radical (unpaired) electrons. The highest BCUT2D eigenvalue weighted by molar-refractivity contribution is 5.04. The largest absolute Gasteiger partial charge is 0.379 e. The van der Waals surface area contributed by atoms with Crippen LogP contribution in [0.5, 0.6) is 0 Å². The minimum Gasteiger partial charge on any atom is -0.379 e. The van der Waals surface area contributed by atoms with Gasteiger partial charge in [0, 0.05) is 25.3 Å². The van der Waals surface area contributed by atoms with Crippen molar-refractivity contribution in [2.45, 2.75) is 52.0 Å². The molecule has 0 aliphatic heterocycles. The zero-order valence-corrected chi connectivity index (χ0v) is 11.1. The molecule has 0 aromatic carbocycles. The van der Waals surface area contributed by atoms with Gasteiger partial charge in [-0.05, 0) is 26.7 Å². The van der Waals surface area contributed by atoms with Gasteiger partial charge in [-0.2, -0.15) is 0 Å². The molecular formula is C13H22N2O3. The summed E-state index contributed by atoms with van der Waals surface area (Å²) in [4.78, 5) is 0. The molecule has 5 nitrogen and oxygen atoms in total. The summed E-state index contributed by atoms with van der Waals surface area (Å²) in [5.41, 5.74) is 0.943. The Morgan fingerprint density at radius 2 is 2.39 bits per heavy atom. The smallest absolute Gasteiger partial charge is 0.162 e. The van der Waals surface area contributed by atoms with Crippen LogP contribution in [-0.2, 0) is 22.6 Å². The van der Waals surface area contributed by atoms with E-state index in [0.29, 0.717) is 25.9 Å². The van der Waals surface area contributed by atoms with E-state index in [2.05, 4.69) is 10.5 Å². The van der Waals surface area contributed by atoms with Gasteiger partial charge in [0.1, 0.15) is 6.61 Å². The number of ether oxygens (including phenoxy) is 2. The van der Waals surface area contributed by atoms with Crippen LogP contribution in [0.1, 0.15) is 38.1 Å². The second-order valence-corrected chi connectivity index (χ2v) is 4.72. The molecule has 1 aromatic heterocycles. The van der Waals surface area contributed by atoms with Crippen LogP contribution in [0, 0.1) is 0 Å². The molecule has 1 unspecified atom stereocenters. The number of aromatic nitrogens is 1. The summed E-state index contributed by atoms with van der Waals surface area (Å²) in [5.74, 6) is 0.769. The number of nitrogens with one attached hydrogen (secondary N) is 1. The normalized spacial score (nSPS) is 17.0. The quantitative estimate of drug-likeness (QED) is 0.729. The van der Waals surface area contributed by atoms with Crippen LogP contribution < -0.4 is 5.32 Å². The van der Waals surface area contributed by atoms with E-state index in [-0.39, 0.29) is 6.10 Å². The van der Waals surface area contributed by atoms with Crippen molar-refractivity contribution in [1.29, 1.82) is 0 Å². The molecule has 0 saturated heterocycles. The maximum Gasteiger partial charge on any atom is 0.162 e. The first-order valence-electron chi connectivity index (χ1n) is 6.65. The molecule has 0 spiro atoms. The van der Waals surface area contributed by atoms with Crippen molar-refractivity contribution in [3.05, 3.63) is 17.5 Å². The third-order valence-electron chi connectivity index (χ3n) is 2.82. The molecule has 1 saturated carbocycles. The van der Waals surface area contributed by atoms with Gasteiger partial charge in [-0.1, -0.05) is 5.16 Å². The Morgan fingerprint density at radius 3 is 3.11 bits per heavy atom. The number of hydrogen-bond acceptors (Lipinski definition) is 5. The summed E-state index contributed by atoms with van der Waals surface area (Å²) >= 11 is 0. The van der Waals surface area contributed by atoms with Gasteiger partial charge in [-0.25, -0.2) is 0 Å². The molecule has 1 N–H and O–H groups in total. The fraction of sp³-hybridized carbons (Fsp3) is 0.769. The van der Waals surface area contributed by atoms with Crippen molar-refractivity contribution in [2.75, 3.05) is 13.2 Å². The van der Waals surface area contributed by atoms with E-state index in [1.54, 1.807) is 0 Å².